The predicted molar refractivity (Wildman–Crippen MR) is 27.8 cm³/mol. The van der Waals surface area contributed by atoms with Gasteiger partial charge in [0.2, 0.25) is 6.36 Å². The molecule has 0 spiro atoms. The summed E-state index contributed by atoms with van der Waals surface area (Å²) in [5, 5.41) is 0. The van der Waals surface area contributed by atoms with Gasteiger partial charge in [-0.2, -0.15) is 13.2 Å². The van der Waals surface area contributed by atoms with E-state index in [9.17, 15) is 30.7 Å². The first-order valence-corrected chi connectivity index (χ1v) is 2.93. The Morgan fingerprint density at radius 1 is 1.08 bits per heavy atom. The molecule has 0 radical (unpaired) electrons. The van der Waals surface area contributed by atoms with E-state index in [4.69, 9.17) is 0 Å². The monoisotopic (exact) mass is 214 g/mol. The first-order valence-electron chi connectivity index (χ1n) is 2.93. The summed E-state index contributed by atoms with van der Waals surface area (Å²) in [6.45, 7) is -4.64. The Hall–Kier alpha value is -0.530. The van der Waals surface area contributed by atoms with E-state index in [1.807, 2.05) is 0 Å². The summed E-state index contributed by atoms with van der Waals surface area (Å²) in [4.78, 5) is 0. The lowest BCUT2D eigenvalue weighted by atomic mass is 10.1. The first kappa shape index (κ1) is 12.5. The molecule has 80 valence electrons. The molecule has 0 aromatic carbocycles. The first-order chi connectivity index (χ1) is 5.79. The van der Waals surface area contributed by atoms with Crippen LogP contribution in [0, 0.1) is 0 Å². The van der Waals surface area contributed by atoms with Crippen LogP contribution in [0.15, 0.2) is 0 Å². The van der Waals surface area contributed by atoms with Gasteiger partial charge >= 0.3 is 6.18 Å². The third-order valence-electron chi connectivity index (χ3n) is 1.23. The van der Waals surface area contributed by atoms with Crippen LogP contribution in [0.3, 0.4) is 0 Å². The smallest absolute Gasteiger partial charge is 0.313 e. The number of rotatable bonds is 4. The number of halogens is 7. The van der Waals surface area contributed by atoms with Crippen molar-refractivity contribution in [2.75, 3.05) is 13.5 Å². The highest BCUT2D eigenvalue weighted by Gasteiger charge is 2.63. The Morgan fingerprint density at radius 2 is 1.54 bits per heavy atom. The Labute approximate surface area is 68.5 Å². The number of hydrogen-bond acceptors (Lipinski definition) is 1. The molecule has 0 saturated carbocycles. The van der Waals surface area contributed by atoms with Gasteiger partial charge in [0.05, 0.1) is 0 Å². The zero-order valence-electron chi connectivity index (χ0n) is 6.05. The molecular formula is C5H5F7O. The molecule has 2 atom stereocenters. The highest BCUT2D eigenvalue weighted by molar-refractivity contribution is 4.89. The largest absolute Gasteiger partial charge is 0.430 e. The molecule has 0 fully saturated rings. The molecule has 13 heavy (non-hydrogen) atoms. The van der Waals surface area contributed by atoms with Crippen LogP contribution < -0.4 is 0 Å². The minimum Gasteiger partial charge on any atom is -0.313 e. The average Bonchev–Trinajstić information content (AvgIpc) is 2.01. The fraction of sp³-hybridized carbons (Fsp3) is 1.00. The van der Waals surface area contributed by atoms with Gasteiger partial charge in [-0.05, 0) is 0 Å². The van der Waals surface area contributed by atoms with E-state index in [2.05, 4.69) is 4.74 Å². The van der Waals surface area contributed by atoms with Crippen molar-refractivity contribution < 1.29 is 35.5 Å². The SMILES string of the molecule is FCOC(F)C(F)(CF)C(F)(F)F. The molecule has 0 amide bonds. The van der Waals surface area contributed by atoms with Crippen molar-refractivity contribution in [1.29, 1.82) is 0 Å². The van der Waals surface area contributed by atoms with Crippen LogP contribution in [0.1, 0.15) is 0 Å². The van der Waals surface area contributed by atoms with Crippen molar-refractivity contribution in [2.45, 2.75) is 18.2 Å². The van der Waals surface area contributed by atoms with E-state index < -0.39 is 31.7 Å². The Kier molecular flexibility index (Phi) is 3.95. The quantitative estimate of drug-likeness (QED) is 0.653. The summed E-state index contributed by atoms with van der Waals surface area (Å²) < 4.78 is 85.3. The average molecular weight is 214 g/mol. The van der Waals surface area contributed by atoms with Crippen LogP contribution in [0.25, 0.3) is 0 Å². The summed E-state index contributed by atoms with van der Waals surface area (Å²) in [5.41, 5.74) is -4.81. The third-order valence-corrected chi connectivity index (χ3v) is 1.23. The normalized spacial score (nSPS) is 19.6. The lowest BCUT2D eigenvalue weighted by Gasteiger charge is -2.26. The number of alkyl halides is 7. The van der Waals surface area contributed by atoms with E-state index in [1.165, 1.54) is 0 Å². The molecule has 1 nitrogen and oxygen atoms in total. The molecule has 0 aromatic rings. The molecule has 0 aliphatic rings. The maximum absolute atomic E-state index is 12.4. The van der Waals surface area contributed by atoms with Crippen LogP contribution in [0.5, 0.6) is 0 Å². The van der Waals surface area contributed by atoms with Crippen LogP contribution in [0.2, 0.25) is 0 Å². The molecule has 0 bridgehead atoms. The van der Waals surface area contributed by atoms with Gasteiger partial charge in [0.15, 0.2) is 6.86 Å². The lowest BCUT2D eigenvalue weighted by molar-refractivity contribution is -0.298. The highest BCUT2D eigenvalue weighted by Crippen LogP contribution is 2.39. The third kappa shape index (κ3) is 2.45. The maximum Gasteiger partial charge on any atom is 0.430 e. The van der Waals surface area contributed by atoms with E-state index in [0.29, 0.717) is 0 Å². The van der Waals surface area contributed by atoms with Crippen LogP contribution in [-0.2, 0) is 4.74 Å². The van der Waals surface area contributed by atoms with E-state index in [0.717, 1.165) is 0 Å². The van der Waals surface area contributed by atoms with Crippen molar-refractivity contribution in [3.05, 3.63) is 0 Å². The van der Waals surface area contributed by atoms with Crippen molar-refractivity contribution in [3.63, 3.8) is 0 Å². The maximum atomic E-state index is 12.4. The summed E-state index contributed by atoms with van der Waals surface area (Å²) in [5.74, 6) is 0. The summed E-state index contributed by atoms with van der Waals surface area (Å²) in [7, 11) is 0. The molecule has 0 aliphatic carbocycles. The van der Waals surface area contributed by atoms with E-state index >= 15 is 0 Å². The van der Waals surface area contributed by atoms with Crippen LogP contribution in [-0.4, -0.2) is 31.7 Å². The predicted octanol–water partition coefficient (Wildman–Crippen LogP) is 2.47. The van der Waals surface area contributed by atoms with Crippen molar-refractivity contribution in [1.82, 2.24) is 0 Å². The molecule has 0 aromatic heterocycles. The van der Waals surface area contributed by atoms with Crippen molar-refractivity contribution in [2.24, 2.45) is 0 Å². The minimum absolute atomic E-state index is 1.97. The number of hydrogen-bond donors (Lipinski definition) is 0. The fourth-order valence-corrected chi connectivity index (χ4v) is 0.452. The molecule has 8 heteroatoms. The zero-order valence-corrected chi connectivity index (χ0v) is 6.05. The van der Waals surface area contributed by atoms with Gasteiger partial charge in [-0.3, -0.25) is 0 Å². The van der Waals surface area contributed by atoms with Gasteiger partial charge in [-0.1, -0.05) is 0 Å². The van der Waals surface area contributed by atoms with E-state index in [-0.39, 0.29) is 0 Å². The van der Waals surface area contributed by atoms with Gasteiger partial charge in [-0.15, -0.1) is 0 Å². The summed E-state index contributed by atoms with van der Waals surface area (Å²) >= 11 is 0. The van der Waals surface area contributed by atoms with Gasteiger partial charge in [0.25, 0.3) is 5.67 Å². The molecule has 0 N–H and O–H groups in total. The molecule has 0 rings (SSSR count). The Morgan fingerprint density at radius 3 is 1.77 bits per heavy atom. The van der Waals surface area contributed by atoms with Gasteiger partial charge in [0.1, 0.15) is 6.67 Å². The zero-order chi connectivity index (χ0) is 10.7. The highest BCUT2D eigenvalue weighted by atomic mass is 19.4. The number of ether oxygens (including phenoxy) is 1. The van der Waals surface area contributed by atoms with Gasteiger partial charge in [-0.25, -0.2) is 17.6 Å². The lowest BCUT2D eigenvalue weighted by Crippen LogP contribution is -2.51. The minimum atomic E-state index is -5.78. The second-order valence-electron chi connectivity index (χ2n) is 2.09. The fourth-order valence-electron chi connectivity index (χ4n) is 0.452. The molecule has 2 unspecified atom stereocenters. The Bertz CT molecular complexity index is 157. The second-order valence-corrected chi connectivity index (χ2v) is 2.09. The standard InChI is InChI=1S/C5H5F7O/c6-1-4(9,5(10,11)12)3(8)13-2-7/h3H,1-2H2. The second kappa shape index (κ2) is 4.12. The summed E-state index contributed by atoms with van der Waals surface area (Å²) in [6.07, 6.45) is -9.49. The van der Waals surface area contributed by atoms with E-state index in [1.54, 1.807) is 0 Å². The van der Waals surface area contributed by atoms with Crippen LogP contribution >= 0.6 is 0 Å². The topological polar surface area (TPSA) is 9.23 Å². The van der Waals surface area contributed by atoms with Gasteiger partial charge in [0, 0.05) is 0 Å². The molecule has 0 aliphatic heterocycles. The van der Waals surface area contributed by atoms with Crippen molar-refractivity contribution >= 4 is 0 Å². The Balaban J connectivity index is 4.62. The molecule has 0 heterocycles. The molecular weight excluding hydrogens is 209 g/mol. The van der Waals surface area contributed by atoms with Crippen molar-refractivity contribution in [3.8, 4) is 0 Å². The molecule has 0 saturated heterocycles. The summed E-state index contributed by atoms with van der Waals surface area (Å²) in [6, 6.07) is 0. The van der Waals surface area contributed by atoms with Crippen LogP contribution in [0.4, 0.5) is 30.7 Å². The van der Waals surface area contributed by atoms with Gasteiger partial charge < -0.3 is 4.74 Å².